The van der Waals surface area contributed by atoms with Crippen molar-refractivity contribution in [3.05, 3.63) is 54.1 Å². The number of rotatable bonds is 9. The van der Waals surface area contributed by atoms with Gasteiger partial charge in [-0.1, -0.05) is 17.7 Å². The quantitative estimate of drug-likeness (QED) is 0.549. The highest BCUT2D eigenvalue weighted by molar-refractivity contribution is 7.89. The van der Waals surface area contributed by atoms with E-state index in [1.165, 1.54) is 35.7 Å². The third kappa shape index (κ3) is 5.98. The van der Waals surface area contributed by atoms with Crippen LogP contribution in [0.5, 0.6) is 0 Å². The first-order chi connectivity index (χ1) is 15.5. The molecule has 2 N–H and O–H groups in total. The molecule has 0 radical (unpaired) electrons. The normalized spacial score (nSPS) is 18.2. The van der Waals surface area contributed by atoms with Crippen molar-refractivity contribution in [2.75, 3.05) is 25.6 Å². The number of amides is 1. The van der Waals surface area contributed by atoms with Crippen LogP contribution in [0.2, 0.25) is 0 Å². The molecule has 2 aromatic rings. The van der Waals surface area contributed by atoms with Gasteiger partial charge in [0, 0.05) is 25.4 Å². The molecule has 0 bridgehead atoms. The van der Waals surface area contributed by atoms with E-state index in [2.05, 4.69) is 10.0 Å². The van der Waals surface area contributed by atoms with Crippen molar-refractivity contribution in [3.8, 4) is 0 Å². The monoisotopic (exact) mass is 495 g/mol. The van der Waals surface area contributed by atoms with Gasteiger partial charge < -0.3 is 10.1 Å². The van der Waals surface area contributed by atoms with E-state index in [1.54, 1.807) is 31.2 Å². The zero-order chi connectivity index (χ0) is 24.2. The molecule has 0 spiro atoms. The summed E-state index contributed by atoms with van der Waals surface area (Å²) in [5.74, 6) is -0.453. The number of benzene rings is 2. The van der Waals surface area contributed by atoms with Gasteiger partial charge in [-0.2, -0.15) is 4.31 Å². The highest BCUT2D eigenvalue weighted by atomic mass is 32.2. The van der Waals surface area contributed by atoms with Crippen LogP contribution < -0.4 is 10.0 Å². The second-order valence-corrected chi connectivity index (χ2v) is 11.7. The summed E-state index contributed by atoms with van der Waals surface area (Å²) in [4.78, 5) is 13.1. The van der Waals surface area contributed by atoms with Gasteiger partial charge in [-0.25, -0.2) is 21.6 Å². The molecule has 33 heavy (non-hydrogen) atoms. The Hall–Kier alpha value is -2.31. The zero-order valence-electron chi connectivity index (χ0n) is 18.8. The fraction of sp³-hybridized carbons (Fsp3) is 0.409. The van der Waals surface area contributed by atoms with Gasteiger partial charge in [-0.05, 0) is 63.1 Å². The molecule has 1 amide bonds. The molecule has 1 aliphatic rings. The van der Waals surface area contributed by atoms with Crippen molar-refractivity contribution in [3.63, 3.8) is 0 Å². The van der Waals surface area contributed by atoms with Gasteiger partial charge in [0.25, 0.3) is 0 Å². The third-order valence-electron chi connectivity index (χ3n) is 5.34. The molecule has 2 atom stereocenters. The Bertz CT molecular complexity index is 1180. The number of carbonyl (C=O) groups is 1. The molecule has 180 valence electrons. The molecule has 11 heteroatoms. The van der Waals surface area contributed by atoms with Crippen LogP contribution in [0.4, 0.5) is 5.69 Å². The maximum absolute atomic E-state index is 13.1. The largest absolute Gasteiger partial charge is 0.383 e. The first-order valence-electron chi connectivity index (χ1n) is 10.6. The second kappa shape index (κ2) is 10.3. The fourth-order valence-corrected chi connectivity index (χ4v) is 6.58. The molecular formula is C22H29N3O6S2. The first kappa shape index (κ1) is 25.3. The van der Waals surface area contributed by atoms with E-state index in [0.29, 0.717) is 18.5 Å². The van der Waals surface area contributed by atoms with Crippen LogP contribution in [-0.2, 0) is 29.6 Å². The number of hydrogen-bond acceptors (Lipinski definition) is 6. The third-order valence-corrected chi connectivity index (χ3v) is 8.87. The zero-order valence-corrected chi connectivity index (χ0v) is 20.4. The lowest BCUT2D eigenvalue weighted by atomic mass is 10.2. The Morgan fingerprint density at radius 3 is 2.27 bits per heavy atom. The average Bonchev–Trinajstić information content (AvgIpc) is 3.25. The number of methoxy groups -OCH3 is 1. The van der Waals surface area contributed by atoms with Crippen molar-refractivity contribution in [2.45, 2.75) is 48.6 Å². The Labute approximate surface area is 195 Å². The number of nitrogens with one attached hydrogen (secondary N) is 2. The minimum atomic E-state index is -3.81. The minimum Gasteiger partial charge on any atom is -0.383 e. The van der Waals surface area contributed by atoms with Crippen molar-refractivity contribution < 1.29 is 26.4 Å². The molecule has 1 saturated heterocycles. The summed E-state index contributed by atoms with van der Waals surface area (Å²) >= 11 is 0. The van der Waals surface area contributed by atoms with Gasteiger partial charge in [-0.3, -0.25) is 4.79 Å². The summed E-state index contributed by atoms with van der Waals surface area (Å²) < 4.78 is 59.7. The van der Waals surface area contributed by atoms with Gasteiger partial charge in [0.05, 0.1) is 16.4 Å². The van der Waals surface area contributed by atoms with Gasteiger partial charge in [0.2, 0.25) is 26.0 Å². The maximum Gasteiger partial charge on any atom is 0.243 e. The van der Waals surface area contributed by atoms with E-state index in [1.807, 2.05) is 6.92 Å². The SMILES string of the molecule is COCC(C)NS(=O)(=O)c1ccc(NC(=O)[C@@H]2CCCN2S(=O)(=O)c2ccc(C)cc2)cc1. The fourth-order valence-electron chi connectivity index (χ4n) is 3.70. The lowest BCUT2D eigenvalue weighted by Crippen LogP contribution is -2.43. The summed E-state index contributed by atoms with van der Waals surface area (Å²) in [5, 5.41) is 2.71. The molecular weight excluding hydrogens is 466 g/mol. The maximum atomic E-state index is 13.1. The van der Waals surface area contributed by atoms with Crippen LogP contribution in [0.3, 0.4) is 0 Å². The van der Waals surface area contributed by atoms with E-state index in [9.17, 15) is 21.6 Å². The van der Waals surface area contributed by atoms with Crippen LogP contribution >= 0.6 is 0 Å². The van der Waals surface area contributed by atoms with Crippen LogP contribution in [0.25, 0.3) is 0 Å². The summed E-state index contributed by atoms with van der Waals surface area (Å²) in [5.41, 5.74) is 1.32. The Balaban J connectivity index is 1.71. The summed E-state index contributed by atoms with van der Waals surface area (Å²) in [7, 11) is -6.06. The van der Waals surface area contributed by atoms with Gasteiger partial charge in [0.1, 0.15) is 6.04 Å². The number of hydrogen-bond donors (Lipinski definition) is 2. The van der Waals surface area contributed by atoms with Crippen LogP contribution in [0.1, 0.15) is 25.3 Å². The van der Waals surface area contributed by atoms with Crippen molar-refractivity contribution in [1.29, 1.82) is 0 Å². The number of aryl methyl sites for hydroxylation is 1. The van der Waals surface area contributed by atoms with E-state index in [-0.39, 0.29) is 22.9 Å². The number of ether oxygens (including phenoxy) is 1. The molecule has 3 rings (SSSR count). The Morgan fingerprint density at radius 2 is 1.67 bits per heavy atom. The summed E-state index contributed by atoms with van der Waals surface area (Å²) in [6.45, 7) is 4.05. The Morgan fingerprint density at radius 1 is 1.06 bits per heavy atom. The van der Waals surface area contributed by atoms with Gasteiger partial charge in [0.15, 0.2) is 0 Å². The highest BCUT2D eigenvalue weighted by Crippen LogP contribution is 2.27. The average molecular weight is 496 g/mol. The molecule has 1 fully saturated rings. The first-order valence-corrected chi connectivity index (χ1v) is 13.5. The summed E-state index contributed by atoms with van der Waals surface area (Å²) in [6.07, 6.45) is 0.983. The molecule has 1 heterocycles. The van der Waals surface area contributed by atoms with Crippen LogP contribution in [0.15, 0.2) is 58.3 Å². The molecule has 9 nitrogen and oxygen atoms in total. The second-order valence-electron chi connectivity index (χ2n) is 8.08. The smallest absolute Gasteiger partial charge is 0.243 e. The molecule has 2 aromatic carbocycles. The number of anilines is 1. The van der Waals surface area contributed by atoms with E-state index < -0.39 is 38.0 Å². The lowest BCUT2D eigenvalue weighted by Gasteiger charge is -2.23. The molecule has 0 aliphatic carbocycles. The lowest BCUT2D eigenvalue weighted by molar-refractivity contribution is -0.119. The van der Waals surface area contributed by atoms with Crippen molar-refractivity contribution >= 4 is 31.6 Å². The van der Waals surface area contributed by atoms with Crippen molar-refractivity contribution in [2.24, 2.45) is 0 Å². The van der Waals surface area contributed by atoms with Gasteiger partial charge in [-0.15, -0.1) is 0 Å². The number of nitrogens with zero attached hydrogens (tertiary/aromatic N) is 1. The predicted octanol–water partition coefficient (Wildman–Crippen LogP) is 2.10. The highest BCUT2D eigenvalue weighted by Gasteiger charge is 2.39. The molecule has 0 aromatic heterocycles. The predicted molar refractivity (Wildman–Crippen MR) is 125 cm³/mol. The van der Waals surface area contributed by atoms with E-state index in [0.717, 1.165) is 5.56 Å². The Kier molecular flexibility index (Phi) is 7.91. The van der Waals surface area contributed by atoms with Crippen molar-refractivity contribution in [1.82, 2.24) is 9.03 Å². The molecule has 0 saturated carbocycles. The minimum absolute atomic E-state index is 0.0490. The number of sulfonamides is 2. The van der Waals surface area contributed by atoms with Gasteiger partial charge >= 0.3 is 0 Å². The van der Waals surface area contributed by atoms with E-state index in [4.69, 9.17) is 4.74 Å². The molecule has 1 aliphatic heterocycles. The number of carbonyl (C=O) groups excluding carboxylic acids is 1. The summed E-state index contributed by atoms with van der Waals surface area (Å²) in [6, 6.07) is 11.0. The standard InChI is InChI=1S/C22H29N3O6S2/c1-16-6-10-20(11-7-16)33(29,30)25-14-4-5-21(25)22(26)23-18-8-12-19(13-9-18)32(27,28)24-17(2)15-31-3/h6-13,17,21,24H,4-5,14-15H2,1-3H3,(H,23,26)/t17?,21-/m0/s1. The topological polar surface area (TPSA) is 122 Å². The van der Waals surface area contributed by atoms with E-state index >= 15 is 0 Å². The van der Waals surface area contributed by atoms with Crippen LogP contribution in [-0.4, -0.2) is 59.4 Å². The molecule has 1 unspecified atom stereocenters. The van der Waals surface area contributed by atoms with Crippen LogP contribution in [0, 0.1) is 6.92 Å².